The maximum absolute atomic E-state index is 13.3. The van der Waals surface area contributed by atoms with Crippen molar-refractivity contribution in [3.63, 3.8) is 0 Å². The first-order valence-electron chi connectivity index (χ1n) is 13.4. The van der Waals surface area contributed by atoms with Crippen LogP contribution in [0.5, 0.6) is 0 Å². The minimum atomic E-state index is -0.750. The molecule has 36 heavy (non-hydrogen) atoms. The average Bonchev–Trinajstić information content (AvgIpc) is 3.54. The molecule has 3 N–H and O–H groups in total. The highest BCUT2D eigenvalue weighted by Gasteiger charge is 2.44. The number of amides is 2. The Bertz CT molecular complexity index is 1100. The number of nitrogens with one attached hydrogen (secondary N) is 2. The number of benzene rings is 2. The smallest absolute Gasteiger partial charge is 0.323 e. The Morgan fingerprint density at radius 2 is 1.64 bits per heavy atom. The van der Waals surface area contributed by atoms with E-state index in [9.17, 15) is 14.7 Å². The summed E-state index contributed by atoms with van der Waals surface area (Å²) < 4.78 is 0. The lowest BCUT2D eigenvalue weighted by atomic mass is 9.79. The maximum Gasteiger partial charge on any atom is 0.323 e. The van der Waals surface area contributed by atoms with Gasteiger partial charge in [0.2, 0.25) is 0 Å². The highest BCUT2D eigenvalue weighted by atomic mass is 16.4. The molecule has 6 nitrogen and oxygen atoms in total. The van der Waals surface area contributed by atoms with E-state index in [2.05, 4.69) is 62.3 Å². The number of aliphatic carboxylic acids is 1. The fourth-order valence-corrected chi connectivity index (χ4v) is 5.28. The highest BCUT2D eigenvalue weighted by Crippen LogP contribution is 2.49. The molecule has 2 aromatic rings. The van der Waals surface area contributed by atoms with Gasteiger partial charge in [0, 0.05) is 18.8 Å². The summed E-state index contributed by atoms with van der Waals surface area (Å²) in [5.74, 6) is 0.351. The molecule has 2 atom stereocenters. The summed E-state index contributed by atoms with van der Waals surface area (Å²) in [5.41, 5.74) is 5.98. The van der Waals surface area contributed by atoms with Crippen molar-refractivity contribution in [2.24, 2.45) is 17.8 Å². The van der Waals surface area contributed by atoms with Crippen LogP contribution >= 0.6 is 0 Å². The van der Waals surface area contributed by atoms with Crippen LogP contribution in [0.25, 0.3) is 0 Å². The third kappa shape index (κ3) is 6.21. The predicted molar refractivity (Wildman–Crippen MR) is 147 cm³/mol. The Kier molecular flexibility index (Phi) is 7.91. The molecular weight excluding hydrogens is 450 g/mol. The fourth-order valence-electron chi connectivity index (χ4n) is 5.28. The molecule has 0 bridgehead atoms. The molecule has 4 rings (SSSR count). The second kappa shape index (κ2) is 10.9. The third-order valence-corrected chi connectivity index (χ3v) is 7.32. The number of hydrogen-bond acceptors (Lipinski definition) is 3. The second-order valence-electron chi connectivity index (χ2n) is 11.6. The Balaban J connectivity index is 1.61. The molecule has 6 heteroatoms. The normalized spacial score (nSPS) is 19.2. The minimum absolute atomic E-state index is 0.00567. The predicted octanol–water partition coefficient (Wildman–Crippen LogP) is 7.21. The summed E-state index contributed by atoms with van der Waals surface area (Å²) in [5, 5.41) is 15.7. The Morgan fingerprint density at radius 1 is 0.972 bits per heavy atom. The minimum Gasteiger partial charge on any atom is -0.481 e. The van der Waals surface area contributed by atoms with E-state index in [0.717, 1.165) is 48.6 Å². The highest BCUT2D eigenvalue weighted by molar-refractivity contribution is 6.02. The van der Waals surface area contributed by atoms with Crippen molar-refractivity contribution < 1.29 is 14.7 Å². The molecule has 2 aliphatic carbocycles. The van der Waals surface area contributed by atoms with E-state index >= 15 is 0 Å². The number of nitrogens with zero attached hydrogens (tertiary/aromatic N) is 1. The first-order chi connectivity index (χ1) is 17.1. The number of hydrogen-bond donors (Lipinski definition) is 3. The summed E-state index contributed by atoms with van der Waals surface area (Å²) in [6.45, 7) is 12.6. The van der Waals surface area contributed by atoms with E-state index in [1.807, 2.05) is 24.3 Å². The van der Waals surface area contributed by atoms with E-state index in [-0.39, 0.29) is 17.9 Å². The molecule has 0 saturated heterocycles. The summed E-state index contributed by atoms with van der Waals surface area (Å²) >= 11 is 0. The average molecular weight is 492 g/mol. The van der Waals surface area contributed by atoms with Crippen LogP contribution in [0.3, 0.4) is 0 Å². The molecule has 0 spiro atoms. The molecule has 2 amide bonds. The molecule has 2 fully saturated rings. The lowest BCUT2D eigenvalue weighted by Crippen LogP contribution is -2.32. The topological polar surface area (TPSA) is 81.7 Å². The molecule has 2 saturated carbocycles. The molecule has 0 aromatic heterocycles. The van der Waals surface area contributed by atoms with Crippen molar-refractivity contribution in [1.82, 2.24) is 0 Å². The Morgan fingerprint density at radius 3 is 2.19 bits per heavy atom. The summed E-state index contributed by atoms with van der Waals surface area (Å²) in [4.78, 5) is 27.1. The van der Waals surface area contributed by atoms with Crippen LogP contribution in [0.4, 0.5) is 21.9 Å². The van der Waals surface area contributed by atoms with E-state index in [0.29, 0.717) is 24.2 Å². The number of rotatable bonds is 10. The van der Waals surface area contributed by atoms with Crippen molar-refractivity contribution in [3.8, 4) is 0 Å². The van der Waals surface area contributed by atoms with Crippen molar-refractivity contribution in [2.75, 3.05) is 28.6 Å². The molecule has 0 radical (unpaired) electrons. The van der Waals surface area contributed by atoms with Gasteiger partial charge in [0.05, 0.1) is 17.3 Å². The lowest BCUT2D eigenvalue weighted by molar-refractivity contribution is -0.138. The molecule has 194 valence electrons. The first kappa shape index (κ1) is 26.1. The number of carbonyl (C=O) groups excluding carboxylic acids is 1. The van der Waals surface area contributed by atoms with E-state index in [4.69, 9.17) is 0 Å². The molecule has 0 unspecified atom stereocenters. The molecule has 0 heterocycles. The fraction of sp³-hybridized carbons (Fsp3) is 0.533. The SMILES string of the molecule is Cc1ccc(NC(=O)Nc2cc([C@@H]3C[C@@H]3C(=O)O)ccc2N(CC(C)C)CC(C)C)c(C2CCC2)c1. The first-order valence-corrected chi connectivity index (χ1v) is 13.4. The van der Waals surface area contributed by atoms with Crippen LogP contribution in [0.1, 0.15) is 81.9 Å². The second-order valence-corrected chi connectivity index (χ2v) is 11.6. The largest absolute Gasteiger partial charge is 0.481 e. The van der Waals surface area contributed by atoms with Gasteiger partial charge in [0.15, 0.2) is 0 Å². The van der Waals surface area contributed by atoms with Crippen LogP contribution in [0.15, 0.2) is 36.4 Å². The van der Waals surface area contributed by atoms with E-state index < -0.39 is 5.97 Å². The van der Waals surface area contributed by atoms with Crippen LogP contribution in [-0.4, -0.2) is 30.2 Å². The van der Waals surface area contributed by atoms with Crippen LogP contribution in [-0.2, 0) is 4.79 Å². The number of carboxylic acid groups (broad SMARTS) is 1. The van der Waals surface area contributed by atoms with Crippen LogP contribution in [0.2, 0.25) is 0 Å². The third-order valence-electron chi connectivity index (χ3n) is 7.32. The number of carbonyl (C=O) groups is 2. The number of anilines is 3. The molecule has 2 aliphatic rings. The van der Waals surface area contributed by atoms with Crippen molar-refractivity contribution in [2.45, 2.75) is 72.1 Å². The zero-order valence-corrected chi connectivity index (χ0v) is 22.3. The molecule has 2 aromatic carbocycles. The van der Waals surface area contributed by atoms with Gasteiger partial charge in [-0.15, -0.1) is 0 Å². The summed E-state index contributed by atoms with van der Waals surface area (Å²) in [6, 6.07) is 12.0. The monoisotopic (exact) mass is 491 g/mol. The van der Waals surface area contributed by atoms with Crippen molar-refractivity contribution in [3.05, 3.63) is 53.1 Å². The van der Waals surface area contributed by atoms with Crippen LogP contribution in [0, 0.1) is 24.7 Å². The molecule has 0 aliphatic heterocycles. The van der Waals surface area contributed by atoms with Gasteiger partial charge in [-0.1, -0.05) is 57.9 Å². The van der Waals surface area contributed by atoms with Gasteiger partial charge >= 0.3 is 12.0 Å². The van der Waals surface area contributed by atoms with Gasteiger partial charge in [-0.3, -0.25) is 4.79 Å². The Labute approximate surface area is 215 Å². The van der Waals surface area contributed by atoms with Crippen molar-refractivity contribution >= 4 is 29.1 Å². The molecular formula is C30H41N3O3. The van der Waals surface area contributed by atoms with Gasteiger partial charge in [0.1, 0.15) is 0 Å². The lowest BCUT2D eigenvalue weighted by Gasteiger charge is -2.31. The summed E-state index contributed by atoms with van der Waals surface area (Å²) in [7, 11) is 0. The standard InChI is InChI=1S/C30H41N3O3/c1-18(2)16-33(17-19(3)4)28-12-10-22(23-15-25(23)29(34)35)14-27(28)32-30(36)31-26-11-9-20(5)13-24(26)21-7-6-8-21/h9-14,18-19,21,23,25H,6-8,15-17H2,1-5H3,(H,34,35)(H2,31,32,36)/t23-,25-/m0/s1. The van der Waals surface area contributed by atoms with Gasteiger partial charge in [-0.05, 0) is 79.2 Å². The summed E-state index contributed by atoms with van der Waals surface area (Å²) in [6.07, 6.45) is 4.21. The number of carboxylic acids is 1. The van der Waals surface area contributed by atoms with E-state index in [1.165, 1.54) is 17.5 Å². The zero-order valence-electron chi connectivity index (χ0n) is 22.3. The number of urea groups is 1. The zero-order chi connectivity index (χ0) is 26.0. The van der Waals surface area contributed by atoms with E-state index in [1.54, 1.807) is 0 Å². The number of aryl methyl sites for hydroxylation is 1. The van der Waals surface area contributed by atoms with Crippen LogP contribution < -0.4 is 15.5 Å². The Hall–Kier alpha value is -3.02. The van der Waals surface area contributed by atoms with Gasteiger partial charge in [-0.25, -0.2) is 4.79 Å². The van der Waals surface area contributed by atoms with Gasteiger partial charge in [-0.2, -0.15) is 0 Å². The maximum atomic E-state index is 13.3. The van der Waals surface area contributed by atoms with Gasteiger partial charge in [0.25, 0.3) is 0 Å². The quantitative estimate of drug-likeness (QED) is 0.328. The van der Waals surface area contributed by atoms with Gasteiger partial charge < -0.3 is 20.6 Å². The van der Waals surface area contributed by atoms with Crippen molar-refractivity contribution in [1.29, 1.82) is 0 Å².